The summed E-state index contributed by atoms with van der Waals surface area (Å²) >= 11 is 0. The summed E-state index contributed by atoms with van der Waals surface area (Å²) in [6.45, 7) is 6.01. The molecule has 260 valence electrons. The molecule has 1 fully saturated rings. The molecule has 0 bridgehead atoms. The van der Waals surface area contributed by atoms with Gasteiger partial charge in [0.2, 0.25) is 11.8 Å². The van der Waals surface area contributed by atoms with Gasteiger partial charge in [0.05, 0.1) is 0 Å². The van der Waals surface area contributed by atoms with Gasteiger partial charge in [-0.15, -0.1) is 0 Å². The molecule has 1 aliphatic rings. The largest absolute Gasteiger partial charge is 0.354 e. The Morgan fingerprint density at radius 1 is 0.578 bits per heavy atom. The van der Waals surface area contributed by atoms with Crippen LogP contribution < -0.4 is 5.32 Å². The standard InChI is InChI=1S/C41H74N2O2/c1-3-5-7-9-11-13-15-17-19-21-23-25-27-29-31-33-37-42-41(45)39-35-34-38-43(39)40(44)36-32-30-28-26-24-22-20-18-16-14-12-10-8-6-4-2/h12,14-15,17-18,20,39H,3-11,13,16,19,21-38H2,1-2H3,(H,42,45)/b14-12+,17-15+,20-18+/t39-/m0/s1. The van der Waals surface area contributed by atoms with Crippen LogP contribution in [0.25, 0.3) is 0 Å². The monoisotopic (exact) mass is 627 g/mol. The van der Waals surface area contributed by atoms with Gasteiger partial charge in [0.1, 0.15) is 6.04 Å². The Labute approximate surface area is 280 Å². The number of rotatable bonds is 31. The van der Waals surface area contributed by atoms with Crippen molar-refractivity contribution in [2.45, 2.75) is 200 Å². The highest BCUT2D eigenvalue weighted by molar-refractivity contribution is 5.88. The van der Waals surface area contributed by atoms with Crippen LogP contribution in [0.3, 0.4) is 0 Å². The summed E-state index contributed by atoms with van der Waals surface area (Å²) in [7, 11) is 0. The summed E-state index contributed by atoms with van der Waals surface area (Å²) in [5, 5.41) is 3.13. The van der Waals surface area contributed by atoms with Gasteiger partial charge in [0.15, 0.2) is 0 Å². The Kier molecular flexibility index (Phi) is 29.4. The van der Waals surface area contributed by atoms with Gasteiger partial charge in [0, 0.05) is 19.5 Å². The number of hydrogen-bond donors (Lipinski definition) is 1. The van der Waals surface area contributed by atoms with Crippen molar-refractivity contribution < 1.29 is 9.59 Å². The van der Waals surface area contributed by atoms with Crippen molar-refractivity contribution >= 4 is 11.8 Å². The topological polar surface area (TPSA) is 49.4 Å². The van der Waals surface area contributed by atoms with E-state index in [1.54, 1.807) is 0 Å². The first-order valence-electron chi connectivity index (χ1n) is 19.7. The lowest BCUT2D eigenvalue weighted by Gasteiger charge is -2.24. The molecule has 0 aliphatic carbocycles. The molecule has 1 saturated heterocycles. The Morgan fingerprint density at radius 3 is 1.60 bits per heavy atom. The Morgan fingerprint density at radius 2 is 1.02 bits per heavy atom. The third-order valence-corrected chi connectivity index (χ3v) is 9.20. The van der Waals surface area contributed by atoms with Gasteiger partial charge in [-0.1, -0.05) is 140 Å². The lowest BCUT2D eigenvalue weighted by molar-refractivity contribution is -0.138. The van der Waals surface area contributed by atoms with Gasteiger partial charge < -0.3 is 10.2 Å². The number of nitrogens with one attached hydrogen (secondary N) is 1. The predicted molar refractivity (Wildman–Crippen MR) is 197 cm³/mol. The second-order valence-electron chi connectivity index (χ2n) is 13.5. The normalized spacial score (nSPS) is 15.3. The zero-order chi connectivity index (χ0) is 32.5. The van der Waals surface area contributed by atoms with Crippen molar-refractivity contribution in [3.05, 3.63) is 36.5 Å². The van der Waals surface area contributed by atoms with E-state index < -0.39 is 0 Å². The molecule has 45 heavy (non-hydrogen) atoms. The number of allylic oxidation sites excluding steroid dienone is 6. The van der Waals surface area contributed by atoms with Crippen molar-refractivity contribution in [2.75, 3.05) is 13.1 Å². The summed E-state index contributed by atoms with van der Waals surface area (Å²) in [6.07, 6.45) is 47.5. The number of carbonyl (C=O) groups excluding carboxylic acids is 2. The lowest BCUT2D eigenvalue weighted by Crippen LogP contribution is -2.46. The van der Waals surface area contributed by atoms with Crippen LogP contribution in [0.5, 0.6) is 0 Å². The third kappa shape index (κ3) is 25.0. The van der Waals surface area contributed by atoms with Crippen LogP contribution in [0, 0.1) is 0 Å². The number of likely N-dealkylation sites (tertiary alicyclic amines) is 1. The first-order valence-corrected chi connectivity index (χ1v) is 19.7. The quantitative estimate of drug-likeness (QED) is 0.0615. The molecule has 1 rings (SSSR count). The van der Waals surface area contributed by atoms with Gasteiger partial charge >= 0.3 is 0 Å². The highest BCUT2D eigenvalue weighted by atomic mass is 16.2. The first kappa shape index (κ1) is 41.2. The van der Waals surface area contributed by atoms with Crippen molar-refractivity contribution in [1.29, 1.82) is 0 Å². The SMILES string of the molecule is CCCCC/C=C/C/C=C/CCCCCCCC(=O)N1CCC[C@H]1C(=O)NCCCCCCCCC/C=C/CCCCCCC. The second-order valence-corrected chi connectivity index (χ2v) is 13.5. The van der Waals surface area contributed by atoms with Crippen molar-refractivity contribution in [3.8, 4) is 0 Å². The zero-order valence-corrected chi connectivity index (χ0v) is 30.0. The number of nitrogens with zero attached hydrogens (tertiary/aromatic N) is 1. The van der Waals surface area contributed by atoms with Crippen LogP contribution in [-0.2, 0) is 9.59 Å². The second kappa shape index (κ2) is 32.1. The fraction of sp³-hybridized carbons (Fsp3) is 0.805. The smallest absolute Gasteiger partial charge is 0.242 e. The Balaban J connectivity index is 1.97. The molecule has 1 atom stereocenters. The van der Waals surface area contributed by atoms with Crippen LogP contribution in [-0.4, -0.2) is 35.8 Å². The Hall–Kier alpha value is -1.84. The van der Waals surface area contributed by atoms with Crippen LogP contribution in [0.1, 0.15) is 194 Å². The maximum Gasteiger partial charge on any atom is 0.242 e. The molecule has 0 aromatic rings. The van der Waals surface area contributed by atoms with Crippen molar-refractivity contribution in [1.82, 2.24) is 10.2 Å². The first-order chi connectivity index (χ1) is 22.2. The minimum atomic E-state index is -0.245. The average Bonchev–Trinajstić information content (AvgIpc) is 3.55. The number of unbranched alkanes of at least 4 members (excludes halogenated alkanes) is 20. The fourth-order valence-electron chi connectivity index (χ4n) is 6.27. The Bertz CT molecular complexity index is 771. The van der Waals surface area contributed by atoms with E-state index in [1.165, 1.54) is 128 Å². The van der Waals surface area contributed by atoms with Crippen molar-refractivity contribution in [2.24, 2.45) is 0 Å². The summed E-state index contributed by atoms with van der Waals surface area (Å²) in [6, 6.07) is -0.245. The summed E-state index contributed by atoms with van der Waals surface area (Å²) in [5.41, 5.74) is 0. The van der Waals surface area contributed by atoms with Gasteiger partial charge in [-0.2, -0.15) is 0 Å². The molecule has 0 unspecified atom stereocenters. The van der Waals surface area contributed by atoms with E-state index in [0.717, 1.165) is 58.0 Å². The highest BCUT2D eigenvalue weighted by Crippen LogP contribution is 2.20. The maximum atomic E-state index is 12.9. The van der Waals surface area contributed by atoms with E-state index in [2.05, 4.69) is 55.6 Å². The van der Waals surface area contributed by atoms with E-state index in [0.29, 0.717) is 6.42 Å². The van der Waals surface area contributed by atoms with Gasteiger partial charge in [-0.25, -0.2) is 0 Å². The summed E-state index contributed by atoms with van der Waals surface area (Å²) in [5.74, 6) is 0.242. The molecular weight excluding hydrogens is 552 g/mol. The molecule has 0 spiro atoms. The third-order valence-electron chi connectivity index (χ3n) is 9.20. The molecule has 0 aromatic heterocycles. The number of hydrogen-bond acceptors (Lipinski definition) is 2. The summed E-state index contributed by atoms with van der Waals surface area (Å²) in [4.78, 5) is 27.5. The lowest BCUT2D eigenvalue weighted by atomic mass is 10.1. The highest BCUT2D eigenvalue weighted by Gasteiger charge is 2.33. The van der Waals surface area contributed by atoms with Crippen LogP contribution >= 0.6 is 0 Å². The molecule has 0 saturated carbocycles. The number of carbonyl (C=O) groups is 2. The molecular formula is C41H74N2O2. The number of amides is 2. The van der Waals surface area contributed by atoms with E-state index in [-0.39, 0.29) is 17.9 Å². The van der Waals surface area contributed by atoms with Gasteiger partial charge in [-0.3, -0.25) is 9.59 Å². The fourth-order valence-corrected chi connectivity index (χ4v) is 6.27. The summed E-state index contributed by atoms with van der Waals surface area (Å²) < 4.78 is 0. The molecule has 4 nitrogen and oxygen atoms in total. The predicted octanol–water partition coefficient (Wildman–Crippen LogP) is 11.9. The molecule has 0 aromatic carbocycles. The molecule has 1 heterocycles. The van der Waals surface area contributed by atoms with Crippen LogP contribution in [0.15, 0.2) is 36.5 Å². The molecule has 1 N–H and O–H groups in total. The minimum Gasteiger partial charge on any atom is -0.354 e. The maximum absolute atomic E-state index is 12.9. The molecule has 4 heteroatoms. The molecule has 1 aliphatic heterocycles. The van der Waals surface area contributed by atoms with Gasteiger partial charge in [0.25, 0.3) is 0 Å². The average molecular weight is 627 g/mol. The minimum absolute atomic E-state index is 0.0647. The van der Waals surface area contributed by atoms with E-state index in [4.69, 9.17) is 0 Å². The van der Waals surface area contributed by atoms with E-state index in [1.807, 2.05) is 4.90 Å². The molecule has 0 radical (unpaired) electrons. The van der Waals surface area contributed by atoms with E-state index in [9.17, 15) is 9.59 Å². The zero-order valence-electron chi connectivity index (χ0n) is 30.0. The van der Waals surface area contributed by atoms with E-state index >= 15 is 0 Å². The molecule has 2 amide bonds. The van der Waals surface area contributed by atoms with Crippen molar-refractivity contribution in [3.63, 3.8) is 0 Å². The van der Waals surface area contributed by atoms with Crippen LogP contribution in [0.4, 0.5) is 0 Å². The van der Waals surface area contributed by atoms with Crippen LogP contribution in [0.2, 0.25) is 0 Å². The van der Waals surface area contributed by atoms with Gasteiger partial charge in [-0.05, 0) is 83.5 Å².